The Morgan fingerprint density at radius 3 is 2.60 bits per heavy atom. The lowest BCUT2D eigenvalue weighted by Gasteiger charge is -2.21. The lowest BCUT2D eigenvalue weighted by atomic mass is 9.98. The van der Waals surface area contributed by atoms with E-state index in [-0.39, 0.29) is 5.92 Å². The number of rotatable bonds is 2. The molecule has 0 aromatic rings. The molecular weight excluding hydrogens is 205 g/mol. The van der Waals surface area contributed by atoms with Gasteiger partial charge in [-0.2, -0.15) is 18.4 Å². The van der Waals surface area contributed by atoms with Gasteiger partial charge in [0.2, 0.25) is 0 Å². The summed E-state index contributed by atoms with van der Waals surface area (Å²) in [6.07, 6.45) is -1.27. The van der Waals surface area contributed by atoms with Crippen molar-refractivity contribution in [3.05, 3.63) is 0 Å². The van der Waals surface area contributed by atoms with Crippen molar-refractivity contribution in [2.75, 3.05) is 19.6 Å². The Labute approximate surface area is 87.7 Å². The van der Waals surface area contributed by atoms with Crippen LogP contribution in [0, 0.1) is 17.2 Å². The molecule has 5 heteroatoms. The number of halogens is 3. The molecule has 1 aliphatic rings. The molecule has 0 saturated carbocycles. The summed E-state index contributed by atoms with van der Waals surface area (Å²) in [6, 6.07) is 2.09. The Kier molecular flexibility index (Phi) is 4.40. The van der Waals surface area contributed by atoms with Gasteiger partial charge in [-0.1, -0.05) is 0 Å². The Bertz CT molecular complexity index is 232. The van der Waals surface area contributed by atoms with Gasteiger partial charge >= 0.3 is 6.18 Å². The number of alkyl halides is 3. The SMILES string of the molecule is N#CCC1CCCN(CC(F)(F)F)CC1. The number of nitrogens with zero attached hydrogens (tertiary/aromatic N) is 2. The number of hydrogen-bond donors (Lipinski definition) is 0. The van der Waals surface area contributed by atoms with Crippen LogP contribution in [-0.2, 0) is 0 Å². The topological polar surface area (TPSA) is 27.0 Å². The van der Waals surface area contributed by atoms with E-state index in [0.717, 1.165) is 12.8 Å². The molecule has 1 atom stereocenters. The second-order valence-corrected chi connectivity index (χ2v) is 4.05. The van der Waals surface area contributed by atoms with Crippen LogP contribution in [0.25, 0.3) is 0 Å². The zero-order valence-corrected chi connectivity index (χ0v) is 8.56. The predicted molar refractivity (Wildman–Crippen MR) is 50.1 cm³/mol. The third-order valence-electron chi connectivity index (χ3n) is 2.72. The predicted octanol–water partition coefficient (Wildman–Crippen LogP) is 2.56. The Morgan fingerprint density at radius 2 is 2.00 bits per heavy atom. The first-order valence-electron chi connectivity index (χ1n) is 5.17. The molecule has 1 unspecified atom stereocenters. The van der Waals surface area contributed by atoms with Crippen molar-refractivity contribution in [2.45, 2.75) is 31.9 Å². The van der Waals surface area contributed by atoms with Gasteiger partial charge in [0.25, 0.3) is 0 Å². The first-order chi connectivity index (χ1) is 7.01. The highest BCUT2D eigenvalue weighted by Gasteiger charge is 2.31. The maximum atomic E-state index is 12.1. The molecule has 0 aliphatic carbocycles. The van der Waals surface area contributed by atoms with Crippen molar-refractivity contribution in [1.29, 1.82) is 5.26 Å². The van der Waals surface area contributed by atoms with Crippen molar-refractivity contribution >= 4 is 0 Å². The molecule has 1 saturated heterocycles. The molecule has 2 nitrogen and oxygen atoms in total. The maximum Gasteiger partial charge on any atom is 0.401 e. The number of hydrogen-bond acceptors (Lipinski definition) is 2. The van der Waals surface area contributed by atoms with Crippen LogP contribution >= 0.6 is 0 Å². The smallest absolute Gasteiger partial charge is 0.295 e. The quantitative estimate of drug-likeness (QED) is 0.715. The average molecular weight is 220 g/mol. The third kappa shape index (κ3) is 5.03. The second-order valence-electron chi connectivity index (χ2n) is 4.05. The molecule has 0 aromatic carbocycles. The van der Waals surface area contributed by atoms with E-state index in [1.165, 1.54) is 4.90 Å². The lowest BCUT2D eigenvalue weighted by Crippen LogP contribution is -2.34. The minimum absolute atomic E-state index is 0.285. The molecule has 0 radical (unpaired) electrons. The van der Waals surface area contributed by atoms with Crippen LogP contribution in [0.4, 0.5) is 13.2 Å². The fourth-order valence-corrected chi connectivity index (χ4v) is 1.97. The average Bonchev–Trinajstić information content (AvgIpc) is 2.29. The summed E-state index contributed by atoms with van der Waals surface area (Å²) in [7, 11) is 0. The van der Waals surface area contributed by atoms with Crippen LogP contribution in [-0.4, -0.2) is 30.7 Å². The monoisotopic (exact) mass is 220 g/mol. The normalized spacial score (nSPS) is 24.5. The summed E-state index contributed by atoms with van der Waals surface area (Å²) < 4.78 is 36.4. The molecule has 0 aromatic heterocycles. The zero-order chi connectivity index (χ0) is 11.3. The van der Waals surface area contributed by atoms with Crippen molar-refractivity contribution in [1.82, 2.24) is 4.90 Å². The molecule has 0 amide bonds. The largest absolute Gasteiger partial charge is 0.401 e. The summed E-state index contributed by atoms with van der Waals surface area (Å²) >= 11 is 0. The van der Waals surface area contributed by atoms with E-state index in [1.54, 1.807) is 0 Å². The molecule has 0 spiro atoms. The van der Waals surface area contributed by atoms with Gasteiger partial charge in [-0.15, -0.1) is 0 Å². The Hall–Kier alpha value is -0.760. The summed E-state index contributed by atoms with van der Waals surface area (Å²) in [5.74, 6) is 0.285. The molecule has 1 aliphatic heterocycles. The molecule has 1 fully saturated rings. The van der Waals surface area contributed by atoms with E-state index in [4.69, 9.17) is 5.26 Å². The van der Waals surface area contributed by atoms with Crippen molar-refractivity contribution in [3.63, 3.8) is 0 Å². The van der Waals surface area contributed by atoms with Gasteiger partial charge in [0.05, 0.1) is 12.6 Å². The number of likely N-dealkylation sites (tertiary alicyclic amines) is 1. The highest BCUT2D eigenvalue weighted by molar-refractivity contribution is 4.79. The first-order valence-corrected chi connectivity index (χ1v) is 5.17. The summed E-state index contributed by atoms with van der Waals surface area (Å²) in [6.45, 7) is 0.152. The summed E-state index contributed by atoms with van der Waals surface area (Å²) in [5, 5.41) is 8.52. The zero-order valence-electron chi connectivity index (χ0n) is 8.56. The fraction of sp³-hybridized carbons (Fsp3) is 0.900. The molecule has 0 N–H and O–H groups in total. The minimum Gasteiger partial charge on any atom is -0.295 e. The van der Waals surface area contributed by atoms with Crippen molar-refractivity contribution in [3.8, 4) is 6.07 Å². The lowest BCUT2D eigenvalue weighted by molar-refractivity contribution is -0.145. The van der Waals surface area contributed by atoms with Gasteiger partial charge in [-0.25, -0.2) is 0 Å². The fourth-order valence-electron chi connectivity index (χ4n) is 1.97. The van der Waals surface area contributed by atoms with E-state index in [1.807, 2.05) is 0 Å². The number of nitriles is 1. The van der Waals surface area contributed by atoms with E-state index in [0.29, 0.717) is 25.9 Å². The third-order valence-corrected chi connectivity index (χ3v) is 2.72. The van der Waals surface area contributed by atoms with E-state index in [2.05, 4.69) is 6.07 Å². The van der Waals surface area contributed by atoms with E-state index >= 15 is 0 Å². The van der Waals surface area contributed by atoms with Crippen LogP contribution in [0.2, 0.25) is 0 Å². The molecule has 86 valence electrons. The minimum atomic E-state index is -4.10. The molecule has 15 heavy (non-hydrogen) atoms. The van der Waals surface area contributed by atoms with Gasteiger partial charge in [0.1, 0.15) is 0 Å². The van der Waals surface area contributed by atoms with E-state index < -0.39 is 12.7 Å². The molecule has 1 rings (SSSR count). The molecule has 0 bridgehead atoms. The first kappa shape index (κ1) is 12.3. The van der Waals surface area contributed by atoms with Crippen LogP contribution in [0.15, 0.2) is 0 Å². The van der Waals surface area contributed by atoms with Crippen molar-refractivity contribution in [2.24, 2.45) is 5.92 Å². The van der Waals surface area contributed by atoms with Gasteiger partial charge in [-0.3, -0.25) is 4.90 Å². The highest BCUT2D eigenvalue weighted by atomic mass is 19.4. The second kappa shape index (κ2) is 5.36. The van der Waals surface area contributed by atoms with Gasteiger partial charge in [0, 0.05) is 6.42 Å². The van der Waals surface area contributed by atoms with E-state index in [9.17, 15) is 13.2 Å². The maximum absolute atomic E-state index is 12.1. The van der Waals surface area contributed by atoms with Crippen molar-refractivity contribution < 1.29 is 13.2 Å². The van der Waals surface area contributed by atoms with Crippen LogP contribution in [0.1, 0.15) is 25.7 Å². The molecule has 1 heterocycles. The van der Waals surface area contributed by atoms with Gasteiger partial charge < -0.3 is 0 Å². The highest BCUT2D eigenvalue weighted by Crippen LogP contribution is 2.23. The molecular formula is C10H15F3N2. The van der Waals surface area contributed by atoms with Gasteiger partial charge in [-0.05, 0) is 38.3 Å². The summed E-state index contributed by atoms with van der Waals surface area (Å²) in [4.78, 5) is 1.44. The van der Waals surface area contributed by atoms with Crippen LogP contribution in [0.5, 0.6) is 0 Å². The van der Waals surface area contributed by atoms with Gasteiger partial charge in [0.15, 0.2) is 0 Å². The summed E-state index contributed by atoms with van der Waals surface area (Å²) in [5.41, 5.74) is 0. The van der Waals surface area contributed by atoms with Crippen LogP contribution < -0.4 is 0 Å². The Balaban J connectivity index is 2.36. The Morgan fingerprint density at radius 1 is 1.27 bits per heavy atom. The standard InChI is InChI=1S/C10H15F3N2/c11-10(12,13)8-15-6-1-2-9(3-5-14)4-7-15/h9H,1-4,6-8H2. The van der Waals surface area contributed by atoms with Crippen LogP contribution in [0.3, 0.4) is 0 Å².